The first-order valence-corrected chi connectivity index (χ1v) is 6.62. The molecule has 0 aliphatic heterocycles. The molecule has 2 rings (SSSR count). The molecule has 0 unspecified atom stereocenters. The number of hydrogen-bond acceptors (Lipinski definition) is 6. The van der Waals surface area contributed by atoms with Crippen molar-refractivity contribution in [1.29, 1.82) is 0 Å². The number of pyridine rings is 1. The SMILES string of the molecule is NC(=S)CCN(Cc1cccnc1)c1ncns1. The maximum Gasteiger partial charge on any atom is 0.205 e. The number of nitrogens with two attached hydrogens (primary N) is 1. The van der Waals surface area contributed by atoms with Gasteiger partial charge in [0.1, 0.15) is 6.33 Å². The highest BCUT2D eigenvalue weighted by Crippen LogP contribution is 2.17. The van der Waals surface area contributed by atoms with Crippen LogP contribution in [0.25, 0.3) is 0 Å². The molecular weight excluding hydrogens is 266 g/mol. The molecule has 0 aliphatic rings. The highest BCUT2D eigenvalue weighted by Gasteiger charge is 2.11. The molecule has 2 aromatic rings. The van der Waals surface area contributed by atoms with Crippen LogP contribution < -0.4 is 10.6 Å². The summed E-state index contributed by atoms with van der Waals surface area (Å²) in [5, 5.41) is 0.870. The number of rotatable bonds is 6. The topological polar surface area (TPSA) is 67.9 Å². The molecule has 5 nitrogen and oxygen atoms in total. The molecule has 0 saturated heterocycles. The third kappa shape index (κ3) is 3.71. The van der Waals surface area contributed by atoms with Gasteiger partial charge in [-0.05, 0) is 11.6 Å². The summed E-state index contributed by atoms with van der Waals surface area (Å²) in [4.78, 5) is 10.9. The van der Waals surface area contributed by atoms with Crippen LogP contribution >= 0.6 is 23.8 Å². The molecule has 0 atom stereocenters. The molecule has 0 saturated carbocycles. The van der Waals surface area contributed by atoms with Gasteiger partial charge in [-0.1, -0.05) is 18.3 Å². The predicted octanol–water partition coefficient (Wildman–Crippen LogP) is 1.62. The van der Waals surface area contributed by atoms with Gasteiger partial charge in [0.15, 0.2) is 0 Å². The first kappa shape index (κ1) is 12.8. The van der Waals surface area contributed by atoms with Crippen LogP contribution in [-0.4, -0.2) is 25.9 Å². The summed E-state index contributed by atoms with van der Waals surface area (Å²) in [6.07, 6.45) is 5.81. The summed E-state index contributed by atoms with van der Waals surface area (Å²) >= 11 is 6.28. The van der Waals surface area contributed by atoms with E-state index >= 15 is 0 Å². The number of hydrogen-bond donors (Lipinski definition) is 1. The minimum absolute atomic E-state index is 0.510. The van der Waals surface area contributed by atoms with E-state index in [1.165, 1.54) is 11.5 Å². The Balaban J connectivity index is 2.07. The van der Waals surface area contributed by atoms with Crippen molar-refractivity contribution in [2.75, 3.05) is 11.4 Å². The Hall–Kier alpha value is -1.60. The van der Waals surface area contributed by atoms with Crippen LogP contribution in [0.3, 0.4) is 0 Å². The van der Waals surface area contributed by atoms with Crippen molar-refractivity contribution in [3.8, 4) is 0 Å². The number of aromatic nitrogens is 3. The maximum absolute atomic E-state index is 5.55. The zero-order valence-corrected chi connectivity index (χ0v) is 11.3. The highest BCUT2D eigenvalue weighted by molar-refractivity contribution is 7.80. The Labute approximate surface area is 115 Å². The summed E-state index contributed by atoms with van der Waals surface area (Å²) in [5.74, 6) is 0. The molecule has 2 aromatic heterocycles. The lowest BCUT2D eigenvalue weighted by Gasteiger charge is -2.20. The van der Waals surface area contributed by atoms with Crippen molar-refractivity contribution >= 4 is 33.9 Å². The molecule has 0 amide bonds. The molecule has 0 fully saturated rings. The normalized spacial score (nSPS) is 10.2. The van der Waals surface area contributed by atoms with E-state index in [9.17, 15) is 0 Å². The van der Waals surface area contributed by atoms with E-state index in [0.29, 0.717) is 11.4 Å². The van der Waals surface area contributed by atoms with Crippen LogP contribution in [-0.2, 0) is 6.54 Å². The molecule has 0 aliphatic carbocycles. The van der Waals surface area contributed by atoms with Crippen LogP contribution in [0.5, 0.6) is 0 Å². The van der Waals surface area contributed by atoms with E-state index in [2.05, 4.69) is 19.2 Å². The molecule has 0 bridgehead atoms. The van der Waals surface area contributed by atoms with E-state index < -0.39 is 0 Å². The Kier molecular flexibility index (Phi) is 4.54. The Morgan fingerprint density at radius 1 is 1.50 bits per heavy atom. The third-order valence-corrected chi connectivity index (χ3v) is 3.28. The lowest BCUT2D eigenvalue weighted by molar-refractivity contribution is 0.799. The van der Waals surface area contributed by atoms with Gasteiger partial charge in [-0.3, -0.25) is 4.98 Å². The van der Waals surface area contributed by atoms with Crippen molar-refractivity contribution in [3.05, 3.63) is 36.4 Å². The van der Waals surface area contributed by atoms with E-state index in [-0.39, 0.29) is 0 Å². The second-order valence-electron chi connectivity index (χ2n) is 3.72. The van der Waals surface area contributed by atoms with Crippen LogP contribution in [0.4, 0.5) is 5.13 Å². The van der Waals surface area contributed by atoms with Gasteiger partial charge in [-0.15, -0.1) is 0 Å². The third-order valence-electron chi connectivity index (χ3n) is 2.34. The van der Waals surface area contributed by atoms with Crippen molar-refractivity contribution in [3.63, 3.8) is 0 Å². The second kappa shape index (κ2) is 6.36. The average Bonchev–Trinajstić information content (AvgIpc) is 2.89. The van der Waals surface area contributed by atoms with E-state index in [4.69, 9.17) is 18.0 Å². The Morgan fingerprint density at radius 2 is 2.39 bits per heavy atom. The van der Waals surface area contributed by atoms with Crippen LogP contribution in [0, 0.1) is 0 Å². The predicted molar refractivity (Wildman–Crippen MR) is 76.6 cm³/mol. The molecule has 0 spiro atoms. The van der Waals surface area contributed by atoms with Gasteiger partial charge in [-0.25, -0.2) is 4.98 Å². The summed E-state index contributed by atoms with van der Waals surface area (Å²) in [6.45, 7) is 1.46. The molecule has 2 N–H and O–H groups in total. The summed E-state index contributed by atoms with van der Waals surface area (Å²) in [5.41, 5.74) is 6.67. The van der Waals surface area contributed by atoms with Gasteiger partial charge in [0, 0.05) is 43.4 Å². The van der Waals surface area contributed by atoms with Gasteiger partial charge >= 0.3 is 0 Å². The Bertz CT molecular complexity index is 485. The zero-order valence-electron chi connectivity index (χ0n) is 9.69. The van der Waals surface area contributed by atoms with Gasteiger partial charge in [-0.2, -0.15) is 4.37 Å². The number of anilines is 1. The molecule has 94 valence electrons. The van der Waals surface area contributed by atoms with Crippen molar-refractivity contribution < 1.29 is 0 Å². The van der Waals surface area contributed by atoms with E-state index in [0.717, 1.165) is 23.8 Å². The lowest BCUT2D eigenvalue weighted by atomic mass is 10.2. The summed E-state index contributed by atoms with van der Waals surface area (Å²) in [6, 6.07) is 3.95. The monoisotopic (exact) mass is 279 g/mol. The smallest absolute Gasteiger partial charge is 0.205 e. The Morgan fingerprint density at radius 3 is 3.00 bits per heavy atom. The standard InChI is InChI=1S/C11H13N5S2/c12-10(17)3-5-16(11-14-8-15-18-11)7-9-2-1-4-13-6-9/h1-2,4,6,8H,3,5,7H2,(H2,12,17). The fourth-order valence-electron chi connectivity index (χ4n) is 1.51. The zero-order chi connectivity index (χ0) is 12.8. The molecule has 7 heteroatoms. The van der Waals surface area contributed by atoms with E-state index in [1.807, 2.05) is 18.3 Å². The minimum Gasteiger partial charge on any atom is -0.393 e. The molecule has 18 heavy (non-hydrogen) atoms. The minimum atomic E-state index is 0.510. The molecule has 2 heterocycles. The first-order valence-electron chi connectivity index (χ1n) is 5.44. The number of nitrogens with zero attached hydrogens (tertiary/aromatic N) is 4. The quantitative estimate of drug-likeness (QED) is 0.810. The average molecular weight is 279 g/mol. The van der Waals surface area contributed by atoms with Gasteiger partial charge < -0.3 is 10.6 Å². The first-order chi connectivity index (χ1) is 8.75. The highest BCUT2D eigenvalue weighted by atomic mass is 32.1. The van der Waals surface area contributed by atoms with Gasteiger partial charge in [0.2, 0.25) is 5.13 Å². The molecular formula is C11H13N5S2. The van der Waals surface area contributed by atoms with Gasteiger partial charge in [0.25, 0.3) is 0 Å². The van der Waals surface area contributed by atoms with Crippen molar-refractivity contribution in [2.24, 2.45) is 5.73 Å². The van der Waals surface area contributed by atoms with Crippen molar-refractivity contribution in [2.45, 2.75) is 13.0 Å². The molecule has 0 aromatic carbocycles. The summed E-state index contributed by atoms with van der Waals surface area (Å²) in [7, 11) is 0. The lowest BCUT2D eigenvalue weighted by Crippen LogP contribution is -2.27. The van der Waals surface area contributed by atoms with E-state index in [1.54, 1.807) is 12.5 Å². The molecule has 0 radical (unpaired) electrons. The fraction of sp³-hybridized carbons (Fsp3) is 0.273. The fourth-order valence-corrected chi connectivity index (χ4v) is 2.15. The van der Waals surface area contributed by atoms with Crippen LogP contribution in [0.2, 0.25) is 0 Å². The number of thiocarbonyl (C=S) groups is 1. The van der Waals surface area contributed by atoms with Crippen LogP contribution in [0.1, 0.15) is 12.0 Å². The van der Waals surface area contributed by atoms with Gasteiger partial charge in [0.05, 0.1) is 4.99 Å². The van der Waals surface area contributed by atoms with Crippen LogP contribution in [0.15, 0.2) is 30.9 Å². The second-order valence-corrected chi connectivity index (χ2v) is 5.01. The van der Waals surface area contributed by atoms with Crippen molar-refractivity contribution in [1.82, 2.24) is 14.3 Å². The summed E-state index contributed by atoms with van der Waals surface area (Å²) < 4.78 is 4.02. The maximum atomic E-state index is 5.55. The largest absolute Gasteiger partial charge is 0.393 e.